The number of aromatic nitrogens is 3. The second kappa shape index (κ2) is 7.26. The number of ketones is 1. The van der Waals surface area contributed by atoms with E-state index in [1.54, 1.807) is 31.2 Å². The van der Waals surface area contributed by atoms with Gasteiger partial charge in [-0.25, -0.2) is 4.68 Å². The van der Waals surface area contributed by atoms with Crippen molar-refractivity contribution in [3.8, 4) is 0 Å². The highest BCUT2D eigenvalue weighted by Crippen LogP contribution is 2.26. The number of rotatable bonds is 5. The number of hydrogen-bond acceptors (Lipinski definition) is 6. The van der Waals surface area contributed by atoms with E-state index in [1.807, 2.05) is 20.8 Å². The van der Waals surface area contributed by atoms with Gasteiger partial charge in [-0.15, -0.1) is 10.2 Å². The van der Waals surface area contributed by atoms with Crippen molar-refractivity contribution in [1.29, 1.82) is 0 Å². The summed E-state index contributed by atoms with van der Waals surface area (Å²) >= 11 is 1.22. The lowest BCUT2D eigenvalue weighted by molar-refractivity contribution is -0.115. The quantitative estimate of drug-likeness (QED) is 0.482. The molecule has 25 heavy (non-hydrogen) atoms. The molecule has 1 aromatic carbocycles. The molecule has 0 bridgehead atoms. The smallest absolute Gasteiger partial charge is 0.237 e. The highest BCUT2D eigenvalue weighted by atomic mass is 32.2. The number of Topliss-reactive ketones (excluding diaryl/α,β-unsaturated/α-hetero) is 1. The van der Waals surface area contributed by atoms with Crippen LogP contribution in [-0.4, -0.2) is 31.8 Å². The third-order valence-electron chi connectivity index (χ3n) is 3.55. The average Bonchev–Trinajstić information content (AvgIpc) is 2.88. The minimum absolute atomic E-state index is 0.104. The largest absolute Gasteiger partial charge is 0.336 e. The predicted molar refractivity (Wildman–Crippen MR) is 99.3 cm³/mol. The van der Waals surface area contributed by atoms with Gasteiger partial charge in [-0.1, -0.05) is 44.7 Å². The molecule has 0 aliphatic carbocycles. The van der Waals surface area contributed by atoms with Gasteiger partial charge in [-0.05, 0) is 26.0 Å². The number of carbonyl (C=O) groups excluding carboxylic acids is 2. The standard InChI is InChI=1S/C17H23N5O2S/c1-10(23)12-8-6-7-9-13(12)19-14(24)11(2)25-16-21-20-15(22(16)18)17(3,4)5/h6-9,11H,18H2,1-5H3,(H,19,24). The van der Waals surface area contributed by atoms with E-state index in [2.05, 4.69) is 15.5 Å². The van der Waals surface area contributed by atoms with E-state index in [0.717, 1.165) is 0 Å². The molecule has 7 nitrogen and oxygen atoms in total. The highest BCUT2D eigenvalue weighted by Gasteiger charge is 2.25. The monoisotopic (exact) mass is 361 g/mol. The van der Waals surface area contributed by atoms with E-state index in [0.29, 0.717) is 22.2 Å². The number of hydrogen-bond donors (Lipinski definition) is 2. The van der Waals surface area contributed by atoms with Crippen molar-refractivity contribution >= 4 is 29.1 Å². The van der Waals surface area contributed by atoms with Crippen molar-refractivity contribution in [3.63, 3.8) is 0 Å². The van der Waals surface area contributed by atoms with Gasteiger partial charge < -0.3 is 11.2 Å². The second-order valence-electron chi connectivity index (χ2n) is 6.78. The molecule has 1 unspecified atom stereocenters. The Bertz CT molecular complexity index is 795. The van der Waals surface area contributed by atoms with Crippen LogP contribution in [0, 0.1) is 0 Å². The van der Waals surface area contributed by atoms with Gasteiger partial charge in [0.2, 0.25) is 11.1 Å². The Kier molecular flexibility index (Phi) is 5.52. The molecule has 0 saturated heterocycles. The Morgan fingerprint density at radius 1 is 1.24 bits per heavy atom. The lowest BCUT2D eigenvalue weighted by Gasteiger charge is -2.17. The summed E-state index contributed by atoms with van der Waals surface area (Å²) in [4.78, 5) is 24.1. The summed E-state index contributed by atoms with van der Waals surface area (Å²) in [5.74, 6) is 6.35. The fourth-order valence-electron chi connectivity index (χ4n) is 2.21. The molecule has 2 aromatic rings. The minimum Gasteiger partial charge on any atom is -0.336 e. The van der Waals surface area contributed by atoms with Crippen LogP contribution in [0.25, 0.3) is 0 Å². The average molecular weight is 361 g/mol. The molecule has 0 spiro atoms. The van der Waals surface area contributed by atoms with Crippen LogP contribution in [0.1, 0.15) is 50.8 Å². The van der Waals surface area contributed by atoms with Crippen molar-refractivity contribution in [2.24, 2.45) is 0 Å². The Hall–Kier alpha value is -2.35. The van der Waals surface area contributed by atoms with Crippen LogP contribution in [-0.2, 0) is 10.2 Å². The summed E-state index contributed by atoms with van der Waals surface area (Å²) < 4.78 is 1.41. The Balaban J connectivity index is 2.12. The lowest BCUT2D eigenvalue weighted by atomic mass is 9.96. The summed E-state index contributed by atoms with van der Waals surface area (Å²) in [6.45, 7) is 9.19. The Morgan fingerprint density at radius 3 is 2.44 bits per heavy atom. The maximum Gasteiger partial charge on any atom is 0.237 e. The number of para-hydroxylation sites is 1. The normalized spacial score (nSPS) is 12.7. The van der Waals surface area contributed by atoms with Gasteiger partial charge in [0, 0.05) is 11.0 Å². The van der Waals surface area contributed by atoms with Crippen LogP contribution in [0.15, 0.2) is 29.4 Å². The fraction of sp³-hybridized carbons (Fsp3) is 0.412. The predicted octanol–water partition coefficient (Wildman–Crippen LogP) is 2.61. The number of nitrogens with one attached hydrogen (secondary N) is 1. The van der Waals surface area contributed by atoms with Crippen molar-refractivity contribution < 1.29 is 9.59 Å². The number of nitrogens with zero attached hydrogens (tertiary/aromatic N) is 3. The zero-order chi connectivity index (χ0) is 18.8. The topological polar surface area (TPSA) is 103 Å². The molecule has 2 rings (SSSR count). The lowest BCUT2D eigenvalue weighted by Crippen LogP contribution is -2.26. The Morgan fingerprint density at radius 2 is 1.88 bits per heavy atom. The molecule has 0 aliphatic heterocycles. The van der Waals surface area contributed by atoms with Crippen molar-refractivity contribution in [2.75, 3.05) is 11.2 Å². The van der Waals surface area contributed by atoms with Crippen LogP contribution in [0.3, 0.4) is 0 Å². The molecule has 1 aromatic heterocycles. The number of benzene rings is 1. The van der Waals surface area contributed by atoms with E-state index in [9.17, 15) is 9.59 Å². The summed E-state index contributed by atoms with van der Waals surface area (Å²) in [6, 6.07) is 6.92. The first-order valence-electron chi connectivity index (χ1n) is 7.89. The zero-order valence-electron chi connectivity index (χ0n) is 15.0. The maximum absolute atomic E-state index is 12.5. The van der Waals surface area contributed by atoms with Crippen LogP contribution < -0.4 is 11.2 Å². The highest BCUT2D eigenvalue weighted by molar-refractivity contribution is 8.00. The van der Waals surface area contributed by atoms with Gasteiger partial charge in [0.05, 0.1) is 10.9 Å². The van der Waals surface area contributed by atoms with Crippen LogP contribution >= 0.6 is 11.8 Å². The number of anilines is 1. The molecular weight excluding hydrogens is 338 g/mol. The van der Waals surface area contributed by atoms with Crippen LogP contribution in [0.4, 0.5) is 5.69 Å². The minimum atomic E-state index is -0.459. The molecule has 1 atom stereocenters. The molecule has 3 N–H and O–H groups in total. The van der Waals surface area contributed by atoms with E-state index in [4.69, 9.17) is 5.84 Å². The van der Waals surface area contributed by atoms with E-state index in [-0.39, 0.29) is 17.1 Å². The van der Waals surface area contributed by atoms with E-state index >= 15 is 0 Å². The molecule has 1 heterocycles. The molecule has 0 radical (unpaired) electrons. The molecule has 0 aliphatic rings. The first-order valence-corrected chi connectivity index (χ1v) is 8.77. The van der Waals surface area contributed by atoms with Crippen molar-refractivity contribution in [1.82, 2.24) is 14.9 Å². The van der Waals surface area contributed by atoms with Gasteiger partial charge in [-0.3, -0.25) is 9.59 Å². The zero-order valence-corrected chi connectivity index (χ0v) is 15.8. The van der Waals surface area contributed by atoms with Crippen LogP contribution in [0.5, 0.6) is 0 Å². The first kappa shape index (κ1) is 19.0. The van der Waals surface area contributed by atoms with Gasteiger partial charge in [0.25, 0.3) is 0 Å². The van der Waals surface area contributed by atoms with Crippen molar-refractivity contribution in [2.45, 2.75) is 50.4 Å². The second-order valence-corrected chi connectivity index (χ2v) is 8.09. The molecule has 0 fully saturated rings. The molecule has 1 amide bonds. The van der Waals surface area contributed by atoms with E-state index < -0.39 is 5.25 Å². The summed E-state index contributed by atoms with van der Waals surface area (Å²) in [5, 5.41) is 11.0. The third kappa shape index (κ3) is 4.39. The molecule has 134 valence electrons. The summed E-state index contributed by atoms with van der Waals surface area (Å²) in [6.07, 6.45) is 0. The Labute approximate surface area is 151 Å². The number of amides is 1. The maximum atomic E-state index is 12.5. The molecule has 8 heteroatoms. The number of nitrogen functional groups attached to an aromatic ring is 1. The molecular formula is C17H23N5O2S. The number of nitrogens with two attached hydrogens (primary N) is 1. The van der Waals surface area contributed by atoms with Crippen molar-refractivity contribution in [3.05, 3.63) is 35.7 Å². The number of thioether (sulfide) groups is 1. The SMILES string of the molecule is CC(=O)c1ccccc1NC(=O)C(C)Sc1nnc(C(C)(C)C)n1N. The third-order valence-corrected chi connectivity index (χ3v) is 4.61. The van der Waals surface area contributed by atoms with Gasteiger partial charge in [-0.2, -0.15) is 0 Å². The van der Waals surface area contributed by atoms with Crippen LogP contribution in [0.2, 0.25) is 0 Å². The summed E-state index contributed by atoms with van der Waals surface area (Å²) in [7, 11) is 0. The number of carbonyl (C=O) groups is 2. The van der Waals surface area contributed by atoms with Gasteiger partial charge in [0.15, 0.2) is 11.6 Å². The van der Waals surface area contributed by atoms with Gasteiger partial charge >= 0.3 is 0 Å². The van der Waals surface area contributed by atoms with Gasteiger partial charge in [0.1, 0.15) is 0 Å². The first-order chi connectivity index (χ1) is 11.6. The fourth-order valence-corrected chi connectivity index (χ4v) is 2.98. The summed E-state index contributed by atoms with van der Waals surface area (Å²) in [5.41, 5.74) is 0.731. The van der Waals surface area contributed by atoms with E-state index in [1.165, 1.54) is 23.4 Å². The molecule has 0 saturated carbocycles.